The van der Waals surface area contributed by atoms with Crippen molar-refractivity contribution in [3.8, 4) is 0 Å². The molecule has 1 aromatic heterocycles. The van der Waals surface area contributed by atoms with E-state index in [0.29, 0.717) is 5.92 Å². The standard InChI is InChI=1S/C16H21BrClN3/c1-11-16(17)15(21(3)20-11)9-13(10-19-2)7-12-5-4-6-14(18)8-12/h4-6,8,13,19H,7,9-10H2,1-3H3. The highest BCUT2D eigenvalue weighted by Gasteiger charge is 2.17. The quantitative estimate of drug-likeness (QED) is 0.839. The summed E-state index contributed by atoms with van der Waals surface area (Å²) in [6.45, 7) is 2.99. The predicted octanol–water partition coefficient (Wildman–Crippen LogP) is 3.77. The Morgan fingerprint density at radius 3 is 2.71 bits per heavy atom. The molecule has 0 saturated carbocycles. The van der Waals surface area contributed by atoms with Crippen LogP contribution in [0.4, 0.5) is 0 Å². The van der Waals surface area contributed by atoms with E-state index in [4.69, 9.17) is 11.6 Å². The van der Waals surface area contributed by atoms with Crippen molar-refractivity contribution in [2.45, 2.75) is 19.8 Å². The molecular weight excluding hydrogens is 350 g/mol. The van der Waals surface area contributed by atoms with Crippen molar-refractivity contribution in [1.29, 1.82) is 0 Å². The molecule has 1 atom stereocenters. The SMILES string of the molecule is CNCC(Cc1cccc(Cl)c1)Cc1c(Br)c(C)nn1C. The highest BCUT2D eigenvalue weighted by Crippen LogP contribution is 2.24. The zero-order valence-electron chi connectivity index (χ0n) is 12.7. The van der Waals surface area contributed by atoms with E-state index in [1.807, 2.05) is 43.9 Å². The monoisotopic (exact) mass is 369 g/mol. The molecule has 1 unspecified atom stereocenters. The van der Waals surface area contributed by atoms with Gasteiger partial charge in [0, 0.05) is 12.1 Å². The van der Waals surface area contributed by atoms with Crippen molar-refractivity contribution in [3.63, 3.8) is 0 Å². The molecule has 1 N–H and O–H groups in total. The average molecular weight is 371 g/mol. The van der Waals surface area contributed by atoms with Crippen LogP contribution < -0.4 is 5.32 Å². The first-order valence-corrected chi connectivity index (χ1v) is 8.25. The Bertz CT molecular complexity index is 610. The van der Waals surface area contributed by atoms with E-state index in [2.05, 4.69) is 32.4 Å². The maximum absolute atomic E-state index is 6.08. The molecule has 21 heavy (non-hydrogen) atoms. The third-order valence-electron chi connectivity index (χ3n) is 3.65. The maximum atomic E-state index is 6.08. The van der Waals surface area contributed by atoms with Crippen LogP contribution in [0.25, 0.3) is 0 Å². The molecule has 1 aromatic carbocycles. The topological polar surface area (TPSA) is 29.9 Å². The number of aryl methyl sites for hydroxylation is 2. The number of halogens is 2. The first-order chi connectivity index (χ1) is 10.0. The summed E-state index contributed by atoms with van der Waals surface area (Å²) in [5.74, 6) is 0.500. The van der Waals surface area contributed by atoms with Crippen molar-refractivity contribution >= 4 is 27.5 Å². The minimum atomic E-state index is 0.500. The molecule has 0 aliphatic rings. The number of hydrogen-bond donors (Lipinski definition) is 1. The van der Waals surface area contributed by atoms with Gasteiger partial charge in [-0.25, -0.2) is 0 Å². The van der Waals surface area contributed by atoms with E-state index < -0.39 is 0 Å². The molecule has 0 saturated heterocycles. The zero-order chi connectivity index (χ0) is 15.4. The molecule has 0 radical (unpaired) electrons. The number of rotatable bonds is 6. The second kappa shape index (κ2) is 7.43. The first-order valence-electron chi connectivity index (χ1n) is 7.08. The Morgan fingerprint density at radius 1 is 1.38 bits per heavy atom. The fourth-order valence-electron chi connectivity index (χ4n) is 2.68. The number of benzene rings is 1. The Morgan fingerprint density at radius 2 is 2.14 bits per heavy atom. The summed E-state index contributed by atoms with van der Waals surface area (Å²) >= 11 is 9.73. The summed E-state index contributed by atoms with van der Waals surface area (Å²) in [7, 11) is 4.00. The van der Waals surface area contributed by atoms with E-state index in [1.54, 1.807) is 0 Å². The molecule has 0 aliphatic heterocycles. The number of aromatic nitrogens is 2. The van der Waals surface area contributed by atoms with Crippen molar-refractivity contribution < 1.29 is 0 Å². The Labute approximate surface area is 139 Å². The summed E-state index contributed by atoms with van der Waals surface area (Å²) < 4.78 is 3.09. The Hall–Kier alpha value is -0.840. The molecule has 1 heterocycles. The summed E-state index contributed by atoms with van der Waals surface area (Å²) in [6.07, 6.45) is 1.98. The van der Waals surface area contributed by atoms with Gasteiger partial charge in [0.25, 0.3) is 0 Å². The molecule has 0 amide bonds. The van der Waals surface area contributed by atoms with Crippen LogP contribution >= 0.6 is 27.5 Å². The summed E-state index contributed by atoms with van der Waals surface area (Å²) in [5, 5.41) is 8.56. The molecule has 5 heteroatoms. The fraction of sp³-hybridized carbons (Fsp3) is 0.438. The van der Waals surface area contributed by atoms with E-state index in [1.165, 1.54) is 11.3 Å². The lowest BCUT2D eigenvalue weighted by Gasteiger charge is -2.17. The van der Waals surface area contributed by atoms with Gasteiger partial charge in [0.05, 0.1) is 15.9 Å². The van der Waals surface area contributed by atoms with Gasteiger partial charge in [-0.2, -0.15) is 5.10 Å². The van der Waals surface area contributed by atoms with Gasteiger partial charge >= 0.3 is 0 Å². The van der Waals surface area contributed by atoms with E-state index in [0.717, 1.165) is 34.6 Å². The predicted molar refractivity (Wildman–Crippen MR) is 91.9 cm³/mol. The molecule has 114 valence electrons. The van der Waals surface area contributed by atoms with Gasteiger partial charge in [0.2, 0.25) is 0 Å². The van der Waals surface area contributed by atoms with Gasteiger partial charge in [-0.1, -0.05) is 23.7 Å². The van der Waals surface area contributed by atoms with Gasteiger partial charge in [-0.15, -0.1) is 0 Å². The van der Waals surface area contributed by atoms with E-state index in [9.17, 15) is 0 Å². The molecule has 0 spiro atoms. The van der Waals surface area contributed by atoms with Crippen LogP contribution in [0.3, 0.4) is 0 Å². The van der Waals surface area contributed by atoms with Gasteiger partial charge in [-0.05, 0) is 72.9 Å². The zero-order valence-corrected chi connectivity index (χ0v) is 15.0. The Kier molecular flexibility index (Phi) is 5.85. The van der Waals surface area contributed by atoms with Crippen LogP contribution in [-0.2, 0) is 19.9 Å². The number of nitrogens with zero attached hydrogens (tertiary/aromatic N) is 2. The van der Waals surface area contributed by atoms with Gasteiger partial charge in [-0.3, -0.25) is 4.68 Å². The molecule has 2 rings (SSSR count). The van der Waals surface area contributed by atoms with Gasteiger partial charge in [0.15, 0.2) is 0 Å². The van der Waals surface area contributed by atoms with Crippen molar-refractivity contribution in [2.75, 3.05) is 13.6 Å². The van der Waals surface area contributed by atoms with Crippen molar-refractivity contribution in [3.05, 3.63) is 50.7 Å². The fourth-order valence-corrected chi connectivity index (χ4v) is 3.39. The summed E-state index contributed by atoms with van der Waals surface area (Å²) in [4.78, 5) is 0. The number of nitrogens with one attached hydrogen (secondary N) is 1. The third-order valence-corrected chi connectivity index (χ3v) is 4.92. The molecule has 3 nitrogen and oxygen atoms in total. The first kappa shape index (κ1) is 16.5. The van der Waals surface area contributed by atoms with Crippen LogP contribution in [0.2, 0.25) is 5.02 Å². The largest absolute Gasteiger partial charge is 0.319 e. The minimum Gasteiger partial charge on any atom is -0.319 e. The summed E-state index contributed by atoms with van der Waals surface area (Å²) in [5.41, 5.74) is 3.56. The lowest BCUT2D eigenvalue weighted by molar-refractivity contribution is 0.476. The van der Waals surface area contributed by atoms with Crippen LogP contribution in [0.1, 0.15) is 17.0 Å². The normalized spacial score (nSPS) is 12.6. The number of hydrogen-bond acceptors (Lipinski definition) is 2. The average Bonchev–Trinajstić information content (AvgIpc) is 2.66. The highest BCUT2D eigenvalue weighted by atomic mass is 79.9. The molecule has 0 aliphatic carbocycles. The maximum Gasteiger partial charge on any atom is 0.0738 e. The minimum absolute atomic E-state index is 0.500. The van der Waals surface area contributed by atoms with Crippen LogP contribution in [0.15, 0.2) is 28.7 Å². The molecule has 2 aromatic rings. The van der Waals surface area contributed by atoms with Crippen LogP contribution in [0.5, 0.6) is 0 Å². The highest BCUT2D eigenvalue weighted by molar-refractivity contribution is 9.10. The molecule has 0 fully saturated rings. The van der Waals surface area contributed by atoms with E-state index in [-0.39, 0.29) is 0 Å². The Balaban J connectivity index is 2.15. The summed E-state index contributed by atoms with van der Waals surface area (Å²) in [6, 6.07) is 8.11. The molecular formula is C16H21BrClN3. The van der Waals surface area contributed by atoms with Gasteiger partial charge in [0.1, 0.15) is 0 Å². The van der Waals surface area contributed by atoms with E-state index >= 15 is 0 Å². The smallest absolute Gasteiger partial charge is 0.0738 e. The molecule has 0 bridgehead atoms. The van der Waals surface area contributed by atoms with Crippen molar-refractivity contribution in [2.24, 2.45) is 13.0 Å². The van der Waals surface area contributed by atoms with Crippen LogP contribution in [-0.4, -0.2) is 23.4 Å². The van der Waals surface area contributed by atoms with Crippen molar-refractivity contribution in [1.82, 2.24) is 15.1 Å². The van der Waals surface area contributed by atoms with Crippen LogP contribution in [0, 0.1) is 12.8 Å². The lowest BCUT2D eigenvalue weighted by atomic mass is 9.94. The lowest BCUT2D eigenvalue weighted by Crippen LogP contribution is -2.23. The van der Waals surface area contributed by atoms with Gasteiger partial charge < -0.3 is 5.32 Å². The third kappa shape index (κ3) is 4.31. The second-order valence-corrected chi connectivity index (χ2v) is 6.66. The second-order valence-electron chi connectivity index (χ2n) is 5.43.